The van der Waals surface area contributed by atoms with E-state index in [1.165, 1.54) is 18.4 Å². The molecule has 2 atom stereocenters. The van der Waals surface area contributed by atoms with Crippen LogP contribution >= 0.6 is 0 Å². The Hall–Kier alpha value is -2.42. The molecule has 7 nitrogen and oxygen atoms in total. The summed E-state index contributed by atoms with van der Waals surface area (Å²) in [6.45, 7) is 4.72. The van der Waals surface area contributed by atoms with Crippen LogP contribution in [0.4, 0.5) is 0 Å². The van der Waals surface area contributed by atoms with Gasteiger partial charge in [-0.25, -0.2) is 12.7 Å². The average Bonchev–Trinajstić information content (AvgIpc) is 3.12. The second-order valence-electron chi connectivity index (χ2n) is 8.14. The first-order valence-electron chi connectivity index (χ1n) is 10.2. The number of aryl methyl sites for hydroxylation is 2. The lowest BCUT2D eigenvalue weighted by Crippen LogP contribution is -2.32. The highest BCUT2D eigenvalue weighted by Gasteiger charge is 2.37. The van der Waals surface area contributed by atoms with E-state index in [-0.39, 0.29) is 23.9 Å². The summed E-state index contributed by atoms with van der Waals surface area (Å²) in [6, 6.07) is 12.9. The van der Waals surface area contributed by atoms with Gasteiger partial charge in [-0.1, -0.05) is 29.8 Å². The minimum Gasteiger partial charge on any atom is -0.486 e. The van der Waals surface area contributed by atoms with Gasteiger partial charge >= 0.3 is 0 Å². The molecule has 0 saturated carbocycles. The van der Waals surface area contributed by atoms with Crippen molar-refractivity contribution in [2.24, 2.45) is 0 Å². The normalized spacial score (nSPS) is 19.1. The third-order valence-corrected chi connectivity index (χ3v) is 7.33. The number of likely N-dealkylation sites (tertiary alicyclic amines) is 1. The number of hydrogen-bond donors (Lipinski definition) is 0. The minimum atomic E-state index is -3.37. The van der Waals surface area contributed by atoms with Gasteiger partial charge in [0.25, 0.3) is 5.91 Å². The number of hydrogen-bond acceptors (Lipinski definition) is 5. The van der Waals surface area contributed by atoms with Crippen LogP contribution in [0.15, 0.2) is 42.5 Å². The van der Waals surface area contributed by atoms with Crippen molar-refractivity contribution in [3.8, 4) is 5.75 Å². The Balaban J connectivity index is 1.74. The molecule has 0 spiro atoms. The van der Waals surface area contributed by atoms with Crippen LogP contribution < -0.4 is 4.74 Å². The van der Waals surface area contributed by atoms with E-state index in [9.17, 15) is 13.2 Å². The van der Waals surface area contributed by atoms with Crippen molar-refractivity contribution < 1.29 is 22.7 Å². The van der Waals surface area contributed by atoms with Crippen LogP contribution in [0.3, 0.4) is 0 Å². The van der Waals surface area contributed by atoms with E-state index >= 15 is 0 Å². The van der Waals surface area contributed by atoms with Gasteiger partial charge in [-0.2, -0.15) is 0 Å². The topological polar surface area (TPSA) is 76.1 Å². The molecule has 1 saturated heterocycles. The third-order valence-electron chi connectivity index (χ3n) is 5.52. The highest BCUT2D eigenvalue weighted by Crippen LogP contribution is 2.24. The molecule has 0 N–H and O–H groups in total. The van der Waals surface area contributed by atoms with E-state index in [1.54, 1.807) is 36.3 Å². The molecule has 0 radical (unpaired) electrons. The summed E-state index contributed by atoms with van der Waals surface area (Å²) in [5, 5.41) is 0. The Morgan fingerprint density at radius 2 is 1.81 bits per heavy atom. The number of benzene rings is 2. The van der Waals surface area contributed by atoms with Crippen LogP contribution in [-0.2, 0) is 20.5 Å². The Morgan fingerprint density at radius 3 is 2.48 bits per heavy atom. The van der Waals surface area contributed by atoms with Gasteiger partial charge in [0.2, 0.25) is 10.0 Å². The monoisotopic (exact) mass is 446 g/mol. The maximum Gasteiger partial charge on any atom is 0.254 e. The van der Waals surface area contributed by atoms with Crippen molar-refractivity contribution >= 4 is 15.9 Å². The predicted octanol–water partition coefficient (Wildman–Crippen LogP) is 2.61. The van der Waals surface area contributed by atoms with Crippen LogP contribution in [0.2, 0.25) is 0 Å². The summed E-state index contributed by atoms with van der Waals surface area (Å²) < 4.78 is 37.3. The zero-order chi connectivity index (χ0) is 22.8. The van der Waals surface area contributed by atoms with Gasteiger partial charge in [-0.05, 0) is 43.2 Å². The van der Waals surface area contributed by atoms with Gasteiger partial charge in [-0.3, -0.25) is 4.79 Å². The number of carbonyl (C=O) groups is 1. The number of methoxy groups -OCH3 is 1. The van der Waals surface area contributed by atoms with Gasteiger partial charge in [0.15, 0.2) is 0 Å². The first kappa shape index (κ1) is 23.2. The molecular formula is C23H30N2O5S. The summed E-state index contributed by atoms with van der Waals surface area (Å²) in [5.41, 5.74) is 3.30. The number of amides is 1. The fraction of sp³-hybridized carbons (Fsp3) is 0.435. The Bertz CT molecular complexity index is 1050. The third kappa shape index (κ3) is 5.44. The highest BCUT2D eigenvalue weighted by molar-refractivity contribution is 7.88. The second kappa shape index (κ2) is 9.38. The number of carbonyl (C=O) groups excluding carboxylic acids is 1. The van der Waals surface area contributed by atoms with Crippen LogP contribution in [0, 0.1) is 13.8 Å². The zero-order valence-electron chi connectivity index (χ0n) is 18.7. The van der Waals surface area contributed by atoms with Crippen molar-refractivity contribution in [3.05, 3.63) is 64.7 Å². The standard InChI is InChI=1S/C23H30N2O5S/c1-16-9-10-17(2)20(11-16)23(26)25-13-21(29-5)22(14-25)30-19-8-6-7-18(12-19)15-31(27,28)24(3)4/h6-12,21-22H,13-15H2,1-5H3/t21-,22-/m1/s1. The molecule has 1 aliphatic rings. The first-order chi connectivity index (χ1) is 14.6. The summed E-state index contributed by atoms with van der Waals surface area (Å²) >= 11 is 0. The number of sulfonamides is 1. The molecule has 31 heavy (non-hydrogen) atoms. The maximum atomic E-state index is 13.1. The lowest BCUT2D eigenvalue weighted by molar-refractivity contribution is 0.0339. The molecule has 1 fully saturated rings. The molecule has 1 amide bonds. The maximum absolute atomic E-state index is 13.1. The molecule has 3 rings (SSSR count). The van der Waals surface area contributed by atoms with Crippen molar-refractivity contribution in [2.45, 2.75) is 31.8 Å². The summed E-state index contributed by atoms with van der Waals surface area (Å²) in [6.07, 6.45) is -0.622. The second-order valence-corrected chi connectivity index (χ2v) is 10.3. The van der Waals surface area contributed by atoms with E-state index in [1.807, 2.05) is 32.0 Å². The molecular weight excluding hydrogens is 416 g/mol. The van der Waals surface area contributed by atoms with E-state index < -0.39 is 10.0 Å². The Morgan fingerprint density at radius 1 is 1.10 bits per heavy atom. The van der Waals surface area contributed by atoms with Gasteiger partial charge in [0, 0.05) is 26.8 Å². The molecule has 1 heterocycles. The average molecular weight is 447 g/mol. The lowest BCUT2D eigenvalue weighted by Gasteiger charge is -2.19. The van der Waals surface area contributed by atoms with Crippen molar-refractivity contribution in [1.29, 1.82) is 0 Å². The quantitative estimate of drug-likeness (QED) is 0.654. The molecule has 8 heteroatoms. The molecule has 0 unspecified atom stereocenters. The summed E-state index contributed by atoms with van der Waals surface area (Å²) in [5.74, 6) is 0.409. The fourth-order valence-electron chi connectivity index (χ4n) is 3.61. The SMILES string of the molecule is CO[C@@H]1CN(C(=O)c2cc(C)ccc2C)C[C@H]1Oc1cccc(CS(=O)(=O)N(C)C)c1. The molecule has 2 aromatic carbocycles. The van der Waals surface area contributed by atoms with Crippen LogP contribution in [0.5, 0.6) is 5.75 Å². The molecule has 0 aromatic heterocycles. The Kier molecular flexibility index (Phi) is 7.03. The van der Waals surface area contributed by atoms with Gasteiger partial charge in [0.1, 0.15) is 18.0 Å². The van der Waals surface area contributed by atoms with Gasteiger partial charge in [-0.15, -0.1) is 0 Å². The van der Waals surface area contributed by atoms with E-state index in [0.717, 1.165) is 11.1 Å². The minimum absolute atomic E-state index is 0.0415. The summed E-state index contributed by atoms with van der Waals surface area (Å²) in [4.78, 5) is 14.8. The molecule has 0 bridgehead atoms. The smallest absolute Gasteiger partial charge is 0.254 e. The molecule has 1 aliphatic heterocycles. The van der Waals surface area contributed by atoms with Crippen LogP contribution in [0.25, 0.3) is 0 Å². The van der Waals surface area contributed by atoms with Crippen molar-refractivity contribution in [1.82, 2.24) is 9.21 Å². The molecule has 168 valence electrons. The number of ether oxygens (including phenoxy) is 2. The lowest BCUT2D eigenvalue weighted by atomic mass is 10.0. The van der Waals surface area contributed by atoms with E-state index in [4.69, 9.17) is 9.47 Å². The zero-order valence-corrected chi connectivity index (χ0v) is 19.5. The van der Waals surface area contributed by atoms with Crippen molar-refractivity contribution in [2.75, 3.05) is 34.3 Å². The van der Waals surface area contributed by atoms with Crippen molar-refractivity contribution in [3.63, 3.8) is 0 Å². The van der Waals surface area contributed by atoms with Crippen LogP contribution in [0.1, 0.15) is 27.0 Å². The van der Waals surface area contributed by atoms with Gasteiger partial charge in [0.05, 0.1) is 18.8 Å². The summed E-state index contributed by atoms with van der Waals surface area (Å²) in [7, 11) is 1.26. The largest absolute Gasteiger partial charge is 0.486 e. The van der Waals surface area contributed by atoms with E-state index in [0.29, 0.717) is 30.0 Å². The van der Waals surface area contributed by atoms with Crippen LogP contribution in [-0.4, -0.2) is 70.0 Å². The van der Waals surface area contributed by atoms with Gasteiger partial charge < -0.3 is 14.4 Å². The number of nitrogens with zero attached hydrogens (tertiary/aromatic N) is 2. The molecule has 2 aromatic rings. The predicted molar refractivity (Wildman–Crippen MR) is 120 cm³/mol. The fourth-order valence-corrected chi connectivity index (χ4v) is 4.47. The Labute approximate surface area is 184 Å². The van der Waals surface area contributed by atoms with E-state index in [2.05, 4.69) is 0 Å². The first-order valence-corrected chi connectivity index (χ1v) is 11.8. The highest BCUT2D eigenvalue weighted by atomic mass is 32.2. The number of rotatable bonds is 7. The molecule has 0 aliphatic carbocycles.